The fourth-order valence-corrected chi connectivity index (χ4v) is 1.15. The molecule has 0 aromatic carbocycles. The number of aromatic amines is 1. The van der Waals surface area contributed by atoms with E-state index in [-0.39, 0.29) is 5.56 Å². The summed E-state index contributed by atoms with van der Waals surface area (Å²) in [4.78, 5) is 13.2. The van der Waals surface area contributed by atoms with Crippen LogP contribution >= 0.6 is 15.9 Å². The van der Waals surface area contributed by atoms with Crippen molar-refractivity contribution in [3.8, 4) is 0 Å². The summed E-state index contributed by atoms with van der Waals surface area (Å²) in [5.41, 5.74) is -1.42. The number of rotatable bonds is 2. The van der Waals surface area contributed by atoms with Crippen LogP contribution in [0, 0.1) is 0 Å². The van der Waals surface area contributed by atoms with Gasteiger partial charge in [-0.25, -0.2) is 0 Å². The monoisotopic (exact) mass is 281 g/mol. The minimum absolute atomic E-state index is 0.00993. The Morgan fingerprint density at radius 1 is 1.47 bits per heavy atom. The Kier molecular flexibility index (Phi) is 3.73. The SMILES string of the molecule is O=c1[nH]cc(C(F)(F)F)cc1C=CCBr. The highest BCUT2D eigenvalue weighted by molar-refractivity contribution is 9.09. The predicted octanol–water partition coefficient (Wildman–Crippen LogP) is 2.80. The average Bonchev–Trinajstić information content (AvgIpc) is 2.15. The molecule has 0 saturated heterocycles. The Morgan fingerprint density at radius 3 is 2.67 bits per heavy atom. The molecular weight excluding hydrogens is 275 g/mol. The molecule has 0 aliphatic heterocycles. The highest BCUT2D eigenvalue weighted by Gasteiger charge is 2.31. The summed E-state index contributed by atoms with van der Waals surface area (Å²) in [5.74, 6) is 0. The van der Waals surface area contributed by atoms with Gasteiger partial charge in [-0.2, -0.15) is 13.2 Å². The van der Waals surface area contributed by atoms with Gasteiger partial charge in [0.2, 0.25) is 0 Å². The maximum Gasteiger partial charge on any atom is 0.417 e. The fourth-order valence-electron chi connectivity index (χ4n) is 0.960. The molecule has 0 atom stereocenters. The molecule has 0 spiro atoms. The molecule has 0 aliphatic carbocycles. The lowest BCUT2D eigenvalue weighted by Gasteiger charge is -2.05. The van der Waals surface area contributed by atoms with Gasteiger partial charge >= 0.3 is 6.18 Å². The van der Waals surface area contributed by atoms with Crippen LogP contribution < -0.4 is 5.56 Å². The molecule has 2 nitrogen and oxygen atoms in total. The highest BCUT2D eigenvalue weighted by Crippen LogP contribution is 2.28. The normalized spacial score (nSPS) is 12.3. The van der Waals surface area contributed by atoms with Crippen LogP contribution in [0.25, 0.3) is 6.08 Å². The standard InChI is InChI=1S/C9H7BrF3NO/c10-3-1-2-6-4-7(9(11,12)13)5-14-8(6)15/h1-2,4-5H,3H2,(H,14,15). The zero-order valence-corrected chi connectivity index (χ0v) is 9.02. The number of H-pyrrole nitrogens is 1. The topological polar surface area (TPSA) is 32.9 Å². The summed E-state index contributed by atoms with van der Waals surface area (Å²) < 4.78 is 36.8. The van der Waals surface area contributed by atoms with Crippen LogP contribution in [-0.2, 0) is 6.18 Å². The van der Waals surface area contributed by atoms with Crippen molar-refractivity contribution in [2.45, 2.75) is 6.18 Å². The number of hydrogen-bond acceptors (Lipinski definition) is 1. The first kappa shape index (κ1) is 12.0. The summed E-state index contributed by atoms with van der Waals surface area (Å²) in [6, 6.07) is 0.817. The molecule has 1 rings (SSSR count). The van der Waals surface area contributed by atoms with Gasteiger partial charge in [-0.15, -0.1) is 0 Å². The smallest absolute Gasteiger partial charge is 0.328 e. The molecule has 0 unspecified atom stereocenters. The number of aromatic nitrogens is 1. The summed E-state index contributed by atoms with van der Waals surface area (Å²) in [6.07, 6.45) is -0.900. The predicted molar refractivity (Wildman–Crippen MR) is 54.9 cm³/mol. The van der Waals surface area contributed by atoms with Crippen LogP contribution in [0.4, 0.5) is 13.2 Å². The van der Waals surface area contributed by atoms with E-state index in [0.29, 0.717) is 11.5 Å². The second kappa shape index (κ2) is 4.65. The van der Waals surface area contributed by atoms with Crippen molar-refractivity contribution in [2.24, 2.45) is 0 Å². The Labute approximate surface area is 91.9 Å². The van der Waals surface area contributed by atoms with Crippen LogP contribution in [0.15, 0.2) is 23.1 Å². The van der Waals surface area contributed by atoms with Gasteiger partial charge in [-0.05, 0) is 6.07 Å². The van der Waals surface area contributed by atoms with E-state index in [1.54, 1.807) is 6.08 Å². The zero-order chi connectivity index (χ0) is 11.5. The van der Waals surface area contributed by atoms with E-state index >= 15 is 0 Å². The van der Waals surface area contributed by atoms with Crippen molar-refractivity contribution in [3.63, 3.8) is 0 Å². The molecule has 6 heteroatoms. The van der Waals surface area contributed by atoms with Gasteiger partial charge in [0.25, 0.3) is 5.56 Å². The molecule has 1 N–H and O–H groups in total. The van der Waals surface area contributed by atoms with Gasteiger partial charge < -0.3 is 4.98 Å². The molecule has 0 saturated carbocycles. The lowest BCUT2D eigenvalue weighted by atomic mass is 10.2. The first-order valence-electron chi connectivity index (χ1n) is 3.97. The first-order valence-corrected chi connectivity index (χ1v) is 5.09. The molecule has 0 radical (unpaired) electrons. The third-order valence-corrected chi connectivity index (χ3v) is 2.02. The van der Waals surface area contributed by atoms with Crippen LogP contribution in [-0.4, -0.2) is 10.3 Å². The third-order valence-electron chi connectivity index (χ3n) is 1.65. The van der Waals surface area contributed by atoms with Crippen LogP contribution in [0.1, 0.15) is 11.1 Å². The molecule has 82 valence electrons. The largest absolute Gasteiger partial charge is 0.417 e. The maximum atomic E-state index is 12.3. The number of nitrogens with one attached hydrogen (secondary N) is 1. The van der Waals surface area contributed by atoms with Crippen molar-refractivity contribution in [1.82, 2.24) is 4.98 Å². The van der Waals surface area contributed by atoms with Gasteiger partial charge in [0, 0.05) is 17.1 Å². The second-order valence-corrected chi connectivity index (χ2v) is 3.37. The Bertz CT molecular complexity index is 422. The lowest BCUT2D eigenvalue weighted by molar-refractivity contribution is -0.137. The summed E-state index contributed by atoms with van der Waals surface area (Å²) in [7, 11) is 0. The van der Waals surface area contributed by atoms with Gasteiger partial charge in [-0.3, -0.25) is 4.79 Å². The van der Waals surface area contributed by atoms with E-state index in [1.165, 1.54) is 6.08 Å². The number of alkyl halides is 4. The van der Waals surface area contributed by atoms with Gasteiger partial charge in [0.1, 0.15) is 0 Å². The molecule has 1 heterocycles. The molecule has 1 aromatic heterocycles. The Balaban J connectivity index is 3.17. The Hall–Kier alpha value is -1.04. The number of allylic oxidation sites excluding steroid dienone is 1. The Morgan fingerprint density at radius 2 is 2.13 bits per heavy atom. The molecule has 15 heavy (non-hydrogen) atoms. The van der Waals surface area contributed by atoms with E-state index in [1.807, 2.05) is 4.98 Å². The summed E-state index contributed by atoms with van der Waals surface area (Å²) in [5, 5.41) is 0.475. The lowest BCUT2D eigenvalue weighted by Crippen LogP contribution is -2.14. The number of hydrogen-bond donors (Lipinski definition) is 1. The first-order chi connectivity index (χ1) is 6.95. The van der Waals surface area contributed by atoms with E-state index in [9.17, 15) is 18.0 Å². The van der Waals surface area contributed by atoms with Crippen LogP contribution in [0.2, 0.25) is 0 Å². The molecular formula is C9H7BrF3NO. The van der Waals surface area contributed by atoms with Gasteiger partial charge in [-0.1, -0.05) is 28.1 Å². The van der Waals surface area contributed by atoms with Crippen molar-refractivity contribution < 1.29 is 13.2 Å². The van der Waals surface area contributed by atoms with Crippen LogP contribution in [0.3, 0.4) is 0 Å². The number of halogens is 4. The quantitative estimate of drug-likeness (QED) is 0.831. The van der Waals surface area contributed by atoms with E-state index in [2.05, 4.69) is 15.9 Å². The van der Waals surface area contributed by atoms with Gasteiger partial charge in [0.05, 0.1) is 5.56 Å². The molecule has 0 fully saturated rings. The minimum Gasteiger partial charge on any atom is -0.328 e. The molecule has 0 bridgehead atoms. The van der Waals surface area contributed by atoms with E-state index in [4.69, 9.17) is 0 Å². The summed E-state index contributed by atoms with van der Waals surface area (Å²) >= 11 is 3.07. The fraction of sp³-hybridized carbons (Fsp3) is 0.222. The zero-order valence-electron chi connectivity index (χ0n) is 7.44. The highest BCUT2D eigenvalue weighted by atomic mass is 79.9. The summed E-state index contributed by atoms with van der Waals surface area (Å²) in [6.45, 7) is 0. The average molecular weight is 282 g/mol. The van der Waals surface area contributed by atoms with Crippen molar-refractivity contribution in [1.29, 1.82) is 0 Å². The van der Waals surface area contributed by atoms with E-state index < -0.39 is 17.3 Å². The van der Waals surface area contributed by atoms with Gasteiger partial charge in [0.15, 0.2) is 0 Å². The van der Waals surface area contributed by atoms with Crippen molar-refractivity contribution >= 4 is 22.0 Å². The number of pyridine rings is 1. The maximum absolute atomic E-state index is 12.3. The molecule has 0 amide bonds. The third kappa shape index (κ3) is 3.23. The van der Waals surface area contributed by atoms with Crippen molar-refractivity contribution in [2.75, 3.05) is 5.33 Å². The minimum atomic E-state index is -4.44. The van der Waals surface area contributed by atoms with E-state index in [0.717, 1.165) is 6.07 Å². The molecule has 1 aromatic rings. The van der Waals surface area contributed by atoms with Crippen molar-refractivity contribution in [3.05, 3.63) is 39.8 Å². The second-order valence-electron chi connectivity index (χ2n) is 2.73. The molecule has 0 aliphatic rings. The van der Waals surface area contributed by atoms with Crippen LogP contribution in [0.5, 0.6) is 0 Å².